The lowest BCUT2D eigenvalue weighted by molar-refractivity contribution is 0.160. The van der Waals surface area contributed by atoms with Crippen LogP contribution in [0.3, 0.4) is 0 Å². The first-order valence-electron chi connectivity index (χ1n) is 5.72. The van der Waals surface area contributed by atoms with Crippen LogP contribution < -0.4 is 0 Å². The molecule has 1 aromatic rings. The van der Waals surface area contributed by atoms with E-state index in [1.165, 1.54) is 0 Å². The lowest BCUT2D eigenvalue weighted by Crippen LogP contribution is -2.11. The minimum Gasteiger partial charge on any atom is -0.387 e. The highest BCUT2D eigenvalue weighted by atomic mass is 16.3. The highest BCUT2D eigenvalue weighted by Crippen LogP contribution is 2.22. The Kier molecular flexibility index (Phi) is 4.38. The number of aryl methyl sites for hydroxylation is 2. The smallest absolute Gasteiger partial charge is 0.0975 e. The van der Waals surface area contributed by atoms with Crippen molar-refractivity contribution in [1.82, 2.24) is 9.97 Å². The lowest BCUT2D eigenvalue weighted by Gasteiger charge is -2.15. The van der Waals surface area contributed by atoms with Crippen LogP contribution in [-0.4, -0.2) is 20.2 Å². The van der Waals surface area contributed by atoms with Crippen LogP contribution in [0.4, 0.5) is 0 Å². The van der Waals surface area contributed by atoms with Crippen molar-refractivity contribution in [1.29, 1.82) is 0 Å². The molecule has 1 rings (SSSR count). The first-order valence-corrected chi connectivity index (χ1v) is 5.72. The maximum atomic E-state index is 9.76. The van der Waals surface area contributed by atoms with Crippen molar-refractivity contribution in [3.05, 3.63) is 22.8 Å². The molecule has 90 valence electrons. The molecule has 0 aromatic carbocycles. The van der Waals surface area contributed by atoms with Crippen molar-refractivity contribution >= 4 is 0 Å². The molecule has 2 atom stereocenters. The third kappa shape index (κ3) is 2.57. The lowest BCUT2D eigenvalue weighted by atomic mass is 10.1. The molecule has 1 aromatic heterocycles. The molecule has 4 nitrogen and oxygen atoms in total. The quantitative estimate of drug-likeness (QED) is 0.820. The second-order valence-electron chi connectivity index (χ2n) is 4.01. The normalized spacial score (nSPS) is 14.9. The summed E-state index contributed by atoms with van der Waals surface area (Å²) in [6.07, 6.45) is 0.0907. The Morgan fingerprint density at radius 1 is 0.875 bits per heavy atom. The SMILES string of the molecule is CCC(O)c1nc(C)c(C(O)CC)nc1C. The van der Waals surface area contributed by atoms with E-state index in [0.717, 1.165) is 0 Å². The standard InChI is InChI=1S/C12H20N2O2/c1-5-9(15)11-7(3)14-12(8(4)13-11)10(16)6-2/h9-10,15-16H,5-6H2,1-4H3. The fourth-order valence-electron chi connectivity index (χ4n) is 1.66. The fraction of sp³-hybridized carbons (Fsp3) is 0.667. The Balaban J connectivity index is 3.16. The first kappa shape index (κ1) is 13.1. The van der Waals surface area contributed by atoms with E-state index < -0.39 is 12.2 Å². The van der Waals surface area contributed by atoms with Crippen LogP contribution in [0.25, 0.3) is 0 Å². The van der Waals surface area contributed by atoms with E-state index in [1.54, 1.807) is 0 Å². The predicted molar refractivity (Wildman–Crippen MR) is 62.0 cm³/mol. The molecule has 0 amide bonds. The highest BCUT2D eigenvalue weighted by molar-refractivity contribution is 5.22. The summed E-state index contributed by atoms with van der Waals surface area (Å²) >= 11 is 0. The molecular weight excluding hydrogens is 204 g/mol. The molecule has 16 heavy (non-hydrogen) atoms. The maximum absolute atomic E-state index is 9.76. The minimum atomic E-state index is -0.570. The molecule has 2 unspecified atom stereocenters. The van der Waals surface area contributed by atoms with Gasteiger partial charge in [0.05, 0.1) is 35.0 Å². The van der Waals surface area contributed by atoms with E-state index in [1.807, 2.05) is 27.7 Å². The molecule has 0 spiro atoms. The van der Waals surface area contributed by atoms with Gasteiger partial charge in [0.2, 0.25) is 0 Å². The second kappa shape index (κ2) is 5.37. The number of hydrogen-bond donors (Lipinski definition) is 2. The van der Waals surface area contributed by atoms with Crippen molar-refractivity contribution in [3.63, 3.8) is 0 Å². The van der Waals surface area contributed by atoms with Gasteiger partial charge in [0.15, 0.2) is 0 Å². The number of hydrogen-bond acceptors (Lipinski definition) is 4. The van der Waals surface area contributed by atoms with Gasteiger partial charge in [-0.05, 0) is 26.7 Å². The topological polar surface area (TPSA) is 66.2 Å². The molecule has 0 saturated heterocycles. The number of nitrogens with zero attached hydrogens (tertiary/aromatic N) is 2. The van der Waals surface area contributed by atoms with Crippen LogP contribution in [0.15, 0.2) is 0 Å². The summed E-state index contributed by atoms with van der Waals surface area (Å²) < 4.78 is 0. The number of rotatable bonds is 4. The number of aromatic nitrogens is 2. The zero-order valence-electron chi connectivity index (χ0n) is 10.4. The molecule has 0 aliphatic rings. The van der Waals surface area contributed by atoms with Gasteiger partial charge in [0.1, 0.15) is 0 Å². The van der Waals surface area contributed by atoms with Gasteiger partial charge in [0, 0.05) is 0 Å². The van der Waals surface area contributed by atoms with Gasteiger partial charge in [0.25, 0.3) is 0 Å². The Labute approximate surface area is 96.4 Å². The van der Waals surface area contributed by atoms with Crippen LogP contribution in [-0.2, 0) is 0 Å². The molecule has 0 radical (unpaired) electrons. The number of aliphatic hydroxyl groups excluding tert-OH is 2. The summed E-state index contributed by atoms with van der Waals surface area (Å²) in [6, 6.07) is 0. The van der Waals surface area contributed by atoms with Crippen LogP contribution in [0, 0.1) is 13.8 Å². The van der Waals surface area contributed by atoms with Crippen molar-refractivity contribution < 1.29 is 10.2 Å². The van der Waals surface area contributed by atoms with Gasteiger partial charge in [-0.1, -0.05) is 13.8 Å². The average Bonchev–Trinajstić information content (AvgIpc) is 2.29. The third-order valence-corrected chi connectivity index (χ3v) is 2.72. The molecule has 0 aliphatic carbocycles. The van der Waals surface area contributed by atoms with Crippen molar-refractivity contribution in [2.75, 3.05) is 0 Å². The number of aliphatic hydroxyl groups is 2. The summed E-state index contributed by atoms with van der Waals surface area (Å²) in [5.74, 6) is 0. The summed E-state index contributed by atoms with van der Waals surface area (Å²) in [5.41, 5.74) is 2.63. The molecule has 2 N–H and O–H groups in total. The molecule has 0 bridgehead atoms. The van der Waals surface area contributed by atoms with Crippen LogP contribution in [0.1, 0.15) is 61.7 Å². The van der Waals surface area contributed by atoms with E-state index in [2.05, 4.69) is 9.97 Å². The summed E-state index contributed by atoms with van der Waals surface area (Å²) in [5, 5.41) is 19.5. The Morgan fingerprint density at radius 2 is 1.19 bits per heavy atom. The van der Waals surface area contributed by atoms with Gasteiger partial charge in [-0.3, -0.25) is 9.97 Å². The Morgan fingerprint density at radius 3 is 1.44 bits per heavy atom. The van der Waals surface area contributed by atoms with E-state index in [4.69, 9.17) is 0 Å². The molecular formula is C12H20N2O2. The van der Waals surface area contributed by atoms with Crippen molar-refractivity contribution in [3.8, 4) is 0 Å². The van der Waals surface area contributed by atoms with Gasteiger partial charge in [-0.2, -0.15) is 0 Å². The van der Waals surface area contributed by atoms with Gasteiger partial charge in [-0.15, -0.1) is 0 Å². The average molecular weight is 224 g/mol. The largest absolute Gasteiger partial charge is 0.387 e. The summed E-state index contributed by atoms with van der Waals surface area (Å²) in [4.78, 5) is 8.68. The fourth-order valence-corrected chi connectivity index (χ4v) is 1.66. The molecule has 1 heterocycles. The van der Waals surface area contributed by atoms with Crippen molar-refractivity contribution in [2.45, 2.75) is 52.7 Å². The van der Waals surface area contributed by atoms with Gasteiger partial charge < -0.3 is 10.2 Å². The van der Waals surface area contributed by atoms with E-state index in [9.17, 15) is 10.2 Å². The van der Waals surface area contributed by atoms with Gasteiger partial charge in [-0.25, -0.2) is 0 Å². The second-order valence-corrected chi connectivity index (χ2v) is 4.01. The third-order valence-electron chi connectivity index (χ3n) is 2.72. The van der Waals surface area contributed by atoms with Crippen LogP contribution >= 0.6 is 0 Å². The monoisotopic (exact) mass is 224 g/mol. The zero-order chi connectivity index (χ0) is 12.3. The van der Waals surface area contributed by atoms with Crippen LogP contribution in [0.5, 0.6) is 0 Å². The van der Waals surface area contributed by atoms with Crippen molar-refractivity contribution in [2.24, 2.45) is 0 Å². The molecule has 4 heteroatoms. The Bertz CT molecular complexity index is 331. The molecule has 0 aliphatic heterocycles. The summed E-state index contributed by atoms with van der Waals surface area (Å²) in [7, 11) is 0. The zero-order valence-corrected chi connectivity index (χ0v) is 10.4. The van der Waals surface area contributed by atoms with E-state index >= 15 is 0 Å². The molecule has 0 fully saturated rings. The van der Waals surface area contributed by atoms with Crippen LogP contribution in [0.2, 0.25) is 0 Å². The van der Waals surface area contributed by atoms with E-state index in [0.29, 0.717) is 35.6 Å². The van der Waals surface area contributed by atoms with Gasteiger partial charge >= 0.3 is 0 Å². The Hall–Kier alpha value is -1.00. The highest BCUT2D eigenvalue weighted by Gasteiger charge is 2.17. The predicted octanol–water partition coefficient (Wildman–Crippen LogP) is 1.98. The minimum absolute atomic E-state index is 0.570. The molecule has 0 saturated carbocycles. The first-order chi connectivity index (χ1) is 7.51. The maximum Gasteiger partial charge on any atom is 0.0975 e. The summed E-state index contributed by atoms with van der Waals surface area (Å²) in [6.45, 7) is 7.42. The van der Waals surface area contributed by atoms with E-state index in [-0.39, 0.29) is 0 Å².